The van der Waals surface area contributed by atoms with Gasteiger partial charge >= 0.3 is 11.9 Å². The van der Waals surface area contributed by atoms with Crippen molar-refractivity contribution in [2.24, 2.45) is 0 Å². The highest BCUT2D eigenvalue weighted by atomic mass is 31.2. The van der Waals surface area contributed by atoms with Gasteiger partial charge in [-0.3, -0.25) is 14.2 Å². The minimum Gasteiger partial charge on any atom is -0.756 e. The van der Waals surface area contributed by atoms with Crippen molar-refractivity contribution in [2.75, 3.05) is 47.5 Å². The highest BCUT2D eigenvalue weighted by molar-refractivity contribution is 7.45. The van der Waals surface area contributed by atoms with E-state index in [4.69, 9.17) is 18.5 Å². The Morgan fingerprint density at radius 2 is 0.606 bits per heavy atom. The van der Waals surface area contributed by atoms with Crippen molar-refractivity contribution >= 4 is 19.8 Å². The number of phosphoric ester groups is 1. The first kappa shape index (κ1) is 89.4. The van der Waals surface area contributed by atoms with Crippen LogP contribution in [-0.4, -0.2) is 70.0 Å². The standard InChI is InChI=1S/C84H140NO8P/c1-6-8-10-12-14-16-18-20-22-24-26-28-30-32-34-36-37-38-39-40-41-42-43-44-45-46-47-49-51-53-55-57-59-61-63-65-67-69-71-73-75-77-84(87)93-82(81-92-94(88,89)91-79-78-85(3,4)5)80-90-83(86)76-74-72-70-68-66-64-62-60-58-56-54-52-50-48-35-33-31-29-27-25-23-21-19-17-15-13-11-9-7-2/h8,10,14,16,19-22,25-28,32,34,37-38,40-41,43-44,46-47,51,53,57,59,63,65,82H,6-7,9,11-13,15,17-18,23-24,29-31,33,35-36,39,42,45,48-50,52,54-56,58,60-62,64,66-81H2,1-5H3/b10-8-,16-14-,21-19-,22-20-,27-25-,28-26-,34-32-,38-37-,41-40-,44-43-,47-46-,53-51-,59-57-,65-63-. The second-order valence-electron chi connectivity index (χ2n) is 25.9. The molecule has 0 amide bonds. The topological polar surface area (TPSA) is 111 Å². The van der Waals surface area contributed by atoms with E-state index in [1.807, 2.05) is 21.1 Å². The summed E-state index contributed by atoms with van der Waals surface area (Å²) in [5.41, 5.74) is 0. The van der Waals surface area contributed by atoms with Crippen molar-refractivity contribution in [1.29, 1.82) is 0 Å². The first-order chi connectivity index (χ1) is 46.0. The maximum Gasteiger partial charge on any atom is 0.306 e. The zero-order valence-electron chi connectivity index (χ0n) is 60.8. The average molecular weight is 1320 g/mol. The number of hydrogen-bond acceptors (Lipinski definition) is 8. The van der Waals surface area contributed by atoms with Crippen LogP contribution >= 0.6 is 7.82 Å². The van der Waals surface area contributed by atoms with Crippen LogP contribution in [0.4, 0.5) is 0 Å². The van der Waals surface area contributed by atoms with E-state index in [1.165, 1.54) is 135 Å². The number of allylic oxidation sites excluding steroid dienone is 28. The number of likely N-dealkylation sites (N-methyl/N-ethyl adjacent to an activating group) is 1. The summed E-state index contributed by atoms with van der Waals surface area (Å²) in [4.78, 5) is 38.1. The molecule has 0 bridgehead atoms. The predicted octanol–water partition coefficient (Wildman–Crippen LogP) is 24.6. The first-order valence-corrected chi connectivity index (χ1v) is 39.3. The molecule has 2 atom stereocenters. The molecule has 0 rings (SSSR count). The molecule has 0 aromatic rings. The van der Waals surface area contributed by atoms with E-state index in [-0.39, 0.29) is 26.1 Å². The summed E-state index contributed by atoms with van der Waals surface area (Å²) in [7, 11) is 1.13. The summed E-state index contributed by atoms with van der Waals surface area (Å²) in [5, 5.41) is 0. The fourth-order valence-electron chi connectivity index (χ4n) is 9.96. The van der Waals surface area contributed by atoms with Gasteiger partial charge in [-0.25, -0.2) is 0 Å². The van der Waals surface area contributed by atoms with Crippen molar-refractivity contribution in [1.82, 2.24) is 0 Å². The molecule has 10 heteroatoms. The van der Waals surface area contributed by atoms with E-state index >= 15 is 0 Å². The molecule has 534 valence electrons. The van der Waals surface area contributed by atoms with Crippen LogP contribution < -0.4 is 4.89 Å². The van der Waals surface area contributed by atoms with Gasteiger partial charge < -0.3 is 27.9 Å². The number of phosphoric acid groups is 1. The number of quaternary nitrogens is 1. The third-order valence-electron chi connectivity index (χ3n) is 15.7. The van der Waals surface area contributed by atoms with E-state index < -0.39 is 32.5 Å². The van der Waals surface area contributed by atoms with Crippen LogP contribution in [0.1, 0.15) is 296 Å². The molecule has 0 spiro atoms. The Morgan fingerprint density at radius 1 is 0.340 bits per heavy atom. The van der Waals surface area contributed by atoms with E-state index in [1.54, 1.807) is 0 Å². The number of ether oxygens (including phenoxy) is 2. The van der Waals surface area contributed by atoms with Gasteiger partial charge in [0, 0.05) is 12.8 Å². The normalized spacial score (nSPS) is 14.1. The Kier molecular flexibility index (Phi) is 69.1. The molecule has 0 fully saturated rings. The Labute approximate surface area is 578 Å². The summed E-state index contributed by atoms with van der Waals surface area (Å²) in [6.07, 6.45) is 110. The van der Waals surface area contributed by atoms with Crippen LogP contribution in [0.15, 0.2) is 170 Å². The molecule has 94 heavy (non-hydrogen) atoms. The maximum atomic E-state index is 12.9. The van der Waals surface area contributed by atoms with E-state index in [2.05, 4.69) is 184 Å². The van der Waals surface area contributed by atoms with E-state index in [9.17, 15) is 19.0 Å². The molecule has 0 heterocycles. The molecular formula is C84H140NO8P. The number of nitrogens with zero attached hydrogens (tertiary/aromatic N) is 1. The van der Waals surface area contributed by atoms with Gasteiger partial charge in [-0.2, -0.15) is 0 Å². The van der Waals surface area contributed by atoms with Crippen LogP contribution in [0.2, 0.25) is 0 Å². The predicted molar refractivity (Wildman–Crippen MR) is 406 cm³/mol. The minimum atomic E-state index is -4.66. The Morgan fingerprint density at radius 3 is 0.904 bits per heavy atom. The number of unbranched alkanes of at least 4 members (excludes halogenated alkanes) is 26. The SMILES string of the molecule is CC/C=C\C/C=C\C/C=C\C/C=C\C/C=C\C/C=C\C/C=C\C/C=C\C/C=C\C/C=C\C/C=C\C/C=C\CCCCCCC(=O)OC(COC(=O)CCCCCCCCCCCCCCCCCCC/C=C\C/C=C\CCCCCCC)COP(=O)([O-])OCC[N+](C)(C)C. The summed E-state index contributed by atoms with van der Waals surface area (Å²) in [6.45, 7) is 4.09. The lowest BCUT2D eigenvalue weighted by Crippen LogP contribution is -2.37. The lowest BCUT2D eigenvalue weighted by atomic mass is 10.0. The second kappa shape index (κ2) is 72.6. The molecular weight excluding hydrogens is 1180 g/mol. The van der Waals surface area contributed by atoms with Gasteiger partial charge in [0.2, 0.25) is 0 Å². The van der Waals surface area contributed by atoms with Crippen molar-refractivity contribution in [2.45, 2.75) is 302 Å². The van der Waals surface area contributed by atoms with E-state index in [0.717, 1.165) is 128 Å². The third kappa shape index (κ3) is 76.4. The highest BCUT2D eigenvalue weighted by Gasteiger charge is 2.22. The van der Waals surface area contributed by atoms with Crippen molar-refractivity contribution < 1.29 is 42.1 Å². The van der Waals surface area contributed by atoms with Crippen LogP contribution in [0, 0.1) is 0 Å². The lowest BCUT2D eigenvalue weighted by Gasteiger charge is -2.28. The van der Waals surface area contributed by atoms with Gasteiger partial charge in [-0.1, -0.05) is 319 Å². The van der Waals surface area contributed by atoms with Crippen LogP contribution in [0.25, 0.3) is 0 Å². The number of carbonyl (C=O) groups is 2. The summed E-state index contributed by atoms with van der Waals surface area (Å²) < 4.78 is 34.3. The molecule has 2 unspecified atom stereocenters. The molecule has 0 radical (unpaired) electrons. The van der Waals surface area contributed by atoms with Gasteiger partial charge in [0.15, 0.2) is 6.10 Å². The van der Waals surface area contributed by atoms with E-state index in [0.29, 0.717) is 17.4 Å². The number of hydrogen-bond donors (Lipinski definition) is 0. The molecule has 0 aliphatic heterocycles. The quantitative estimate of drug-likeness (QED) is 0.0195. The largest absolute Gasteiger partial charge is 0.756 e. The Bertz CT molecular complexity index is 2200. The molecule has 0 N–H and O–H groups in total. The van der Waals surface area contributed by atoms with Crippen LogP contribution in [0.5, 0.6) is 0 Å². The van der Waals surface area contributed by atoms with Gasteiger partial charge in [0.1, 0.15) is 19.8 Å². The lowest BCUT2D eigenvalue weighted by molar-refractivity contribution is -0.870. The fourth-order valence-corrected chi connectivity index (χ4v) is 10.7. The first-order valence-electron chi connectivity index (χ1n) is 37.8. The van der Waals surface area contributed by atoms with Crippen molar-refractivity contribution in [3.8, 4) is 0 Å². The zero-order chi connectivity index (χ0) is 68.3. The number of carbonyl (C=O) groups excluding carboxylic acids is 2. The third-order valence-corrected chi connectivity index (χ3v) is 16.7. The molecule has 9 nitrogen and oxygen atoms in total. The van der Waals surface area contributed by atoms with Crippen LogP contribution in [-0.2, 0) is 32.7 Å². The monoisotopic (exact) mass is 1320 g/mol. The molecule has 0 aromatic heterocycles. The molecule has 0 saturated heterocycles. The fraction of sp³-hybridized carbons (Fsp3) is 0.643. The van der Waals surface area contributed by atoms with Gasteiger partial charge in [0.05, 0.1) is 27.7 Å². The molecule has 0 aliphatic carbocycles. The van der Waals surface area contributed by atoms with Crippen LogP contribution in [0.3, 0.4) is 0 Å². The molecule has 0 saturated carbocycles. The van der Waals surface area contributed by atoms with Gasteiger partial charge in [-0.15, -0.1) is 0 Å². The van der Waals surface area contributed by atoms with Crippen molar-refractivity contribution in [3.05, 3.63) is 170 Å². The minimum absolute atomic E-state index is 0.0438. The van der Waals surface area contributed by atoms with Crippen molar-refractivity contribution in [3.63, 3.8) is 0 Å². The molecule has 0 aliphatic rings. The Hall–Kier alpha value is -4.63. The second-order valence-corrected chi connectivity index (χ2v) is 27.3. The average Bonchev–Trinajstić information content (AvgIpc) is 1.57. The maximum absolute atomic E-state index is 12.9. The Balaban J connectivity index is 4.14. The number of rotatable bonds is 68. The highest BCUT2D eigenvalue weighted by Crippen LogP contribution is 2.38. The zero-order valence-corrected chi connectivity index (χ0v) is 61.7. The van der Waals surface area contributed by atoms with Gasteiger partial charge in [0.25, 0.3) is 7.82 Å². The molecule has 0 aromatic carbocycles. The smallest absolute Gasteiger partial charge is 0.306 e. The van der Waals surface area contributed by atoms with Gasteiger partial charge in [-0.05, 0) is 135 Å². The summed E-state index contributed by atoms with van der Waals surface area (Å²) in [6, 6.07) is 0. The number of esters is 2. The summed E-state index contributed by atoms with van der Waals surface area (Å²) in [5.74, 6) is -0.866. The summed E-state index contributed by atoms with van der Waals surface area (Å²) >= 11 is 0.